The Morgan fingerprint density at radius 3 is 2.42 bits per heavy atom. The maximum Gasteiger partial charge on any atom is 0.0760 e. The monoisotopic (exact) mass is 217 g/mol. The predicted molar refractivity (Wildman–Crippen MR) is 55.0 cm³/mol. The van der Waals surface area contributed by atoms with Crippen molar-refractivity contribution in [2.24, 2.45) is 0 Å². The minimum Gasteiger partial charge on any atom is -0.262 e. The number of hydrogen-bond acceptors (Lipinski definition) is 2. The molecule has 1 nitrogen and oxygen atoms in total. The highest BCUT2D eigenvalue weighted by molar-refractivity contribution is 7.80. The van der Waals surface area contributed by atoms with E-state index >= 15 is 0 Å². The molecule has 0 N–H and O–H groups in total. The second kappa shape index (κ2) is 4.61. The first-order chi connectivity index (χ1) is 5.75. The van der Waals surface area contributed by atoms with Crippen LogP contribution in [0.3, 0.4) is 0 Å². The molecule has 0 aliphatic rings. The fourth-order valence-corrected chi connectivity index (χ4v) is 1.20. The molecule has 0 spiro atoms. The van der Waals surface area contributed by atoms with Gasteiger partial charge in [-0.2, -0.15) is 12.6 Å². The lowest BCUT2D eigenvalue weighted by Gasteiger charge is -1.96. The zero-order chi connectivity index (χ0) is 8.97. The van der Waals surface area contributed by atoms with Gasteiger partial charge in [0.1, 0.15) is 0 Å². The fraction of sp³-hybridized carbons (Fsp3) is 0.125. The lowest BCUT2D eigenvalue weighted by atomic mass is 10.3. The summed E-state index contributed by atoms with van der Waals surface area (Å²) in [6, 6.07) is 0. The smallest absolute Gasteiger partial charge is 0.0760 e. The zero-order valence-corrected chi connectivity index (χ0v) is 8.42. The second-order valence-electron chi connectivity index (χ2n) is 1.94. The lowest BCUT2D eigenvalue weighted by molar-refractivity contribution is 1.32. The molecule has 0 saturated carbocycles. The highest BCUT2D eigenvalue weighted by Gasteiger charge is 2.01. The van der Waals surface area contributed by atoms with E-state index < -0.39 is 0 Å². The molecule has 1 aromatic heterocycles. The zero-order valence-electron chi connectivity index (χ0n) is 6.01. The quantitative estimate of drug-likeness (QED) is 0.521. The average molecular weight is 218 g/mol. The van der Waals surface area contributed by atoms with Gasteiger partial charge in [-0.25, -0.2) is 0 Å². The molecule has 0 atom stereocenters. The molecular formula is C8H5Cl2NS. The Balaban J connectivity index is 3.13. The Kier molecular flexibility index (Phi) is 3.74. The van der Waals surface area contributed by atoms with E-state index in [1.165, 1.54) is 12.4 Å². The Morgan fingerprint density at radius 2 is 1.92 bits per heavy atom. The van der Waals surface area contributed by atoms with Crippen LogP contribution in [-0.4, -0.2) is 10.7 Å². The molecule has 0 fully saturated rings. The molecule has 12 heavy (non-hydrogen) atoms. The summed E-state index contributed by atoms with van der Waals surface area (Å²) >= 11 is 15.5. The van der Waals surface area contributed by atoms with Gasteiger partial charge in [-0.15, -0.1) is 0 Å². The van der Waals surface area contributed by atoms with Crippen LogP contribution in [0.5, 0.6) is 0 Å². The minimum atomic E-state index is 0.469. The van der Waals surface area contributed by atoms with Gasteiger partial charge in [-0.1, -0.05) is 35.0 Å². The van der Waals surface area contributed by atoms with E-state index in [2.05, 4.69) is 29.5 Å². The highest BCUT2D eigenvalue weighted by Crippen LogP contribution is 2.21. The van der Waals surface area contributed by atoms with E-state index in [0.29, 0.717) is 21.4 Å². The summed E-state index contributed by atoms with van der Waals surface area (Å²) in [5.41, 5.74) is 0.613. The van der Waals surface area contributed by atoms with Gasteiger partial charge in [0.25, 0.3) is 0 Å². The van der Waals surface area contributed by atoms with E-state index in [1.807, 2.05) is 0 Å². The van der Waals surface area contributed by atoms with Crippen molar-refractivity contribution in [1.82, 2.24) is 4.98 Å². The van der Waals surface area contributed by atoms with Crippen LogP contribution < -0.4 is 0 Å². The third-order valence-electron chi connectivity index (χ3n) is 1.15. The Morgan fingerprint density at radius 1 is 1.33 bits per heavy atom. The van der Waals surface area contributed by atoms with E-state index in [0.717, 1.165) is 0 Å². The molecule has 0 amide bonds. The molecule has 1 heterocycles. The van der Waals surface area contributed by atoms with Crippen molar-refractivity contribution in [2.75, 3.05) is 5.75 Å². The van der Waals surface area contributed by atoms with Gasteiger partial charge in [-0.05, 0) is 0 Å². The number of aromatic nitrogens is 1. The van der Waals surface area contributed by atoms with Crippen LogP contribution >= 0.6 is 35.8 Å². The van der Waals surface area contributed by atoms with Crippen LogP contribution in [0.1, 0.15) is 5.56 Å². The van der Waals surface area contributed by atoms with Crippen molar-refractivity contribution in [3.63, 3.8) is 0 Å². The van der Waals surface area contributed by atoms with E-state index in [-0.39, 0.29) is 0 Å². The summed E-state index contributed by atoms with van der Waals surface area (Å²) in [6.07, 6.45) is 3.02. The topological polar surface area (TPSA) is 12.9 Å². The van der Waals surface area contributed by atoms with Gasteiger partial charge in [0, 0.05) is 12.4 Å². The molecule has 1 rings (SSSR count). The van der Waals surface area contributed by atoms with Crippen molar-refractivity contribution in [1.29, 1.82) is 0 Å². The van der Waals surface area contributed by atoms with Crippen molar-refractivity contribution in [3.8, 4) is 11.8 Å². The third-order valence-corrected chi connectivity index (χ3v) is 1.88. The number of thiol groups is 1. The first-order valence-electron chi connectivity index (χ1n) is 3.14. The molecule has 0 aromatic carbocycles. The standard InChI is InChI=1S/C8H5Cl2NS/c9-7-4-11-5-8(10)6(7)2-1-3-12/h4-5,12H,3H2. The molecule has 0 bridgehead atoms. The molecular weight excluding hydrogens is 213 g/mol. The molecule has 1 aromatic rings. The normalized spacial score (nSPS) is 8.92. The van der Waals surface area contributed by atoms with E-state index in [1.54, 1.807) is 0 Å². The summed E-state index contributed by atoms with van der Waals surface area (Å²) < 4.78 is 0. The van der Waals surface area contributed by atoms with Crippen LogP contribution in [0, 0.1) is 11.8 Å². The highest BCUT2D eigenvalue weighted by atomic mass is 35.5. The maximum absolute atomic E-state index is 5.79. The van der Waals surface area contributed by atoms with Gasteiger partial charge >= 0.3 is 0 Å². The summed E-state index contributed by atoms with van der Waals surface area (Å²) in [5, 5.41) is 0.938. The van der Waals surface area contributed by atoms with Gasteiger partial charge in [0.2, 0.25) is 0 Å². The summed E-state index contributed by atoms with van der Waals surface area (Å²) in [5.74, 6) is 6.05. The van der Waals surface area contributed by atoms with Crippen molar-refractivity contribution in [2.45, 2.75) is 0 Å². The first-order valence-corrected chi connectivity index (χ1v) is 4.53. The molecule has 0 aliphatic heterocycles. The van der Waals surface area contributed by atoms with Crippen LogP contribution in [-0.2, 0) is 0 Å². The lowest BCUT2D eigenvalue weighted by Crippen LogP contribution is -1.81. The average Bonchev–Trinajstić information content (AvgIpc) is 2.04. The Labute approximate surface area is 86.5 Å². The largest absolute Gasteiger partial charge is 0.262 e. The first kappa shape index (κ1) is 9.73. The maximum atomic E-state index is 5.79. The molecule has 0 radical (unpaired) electrons. The molecule has 0 unspecified atom stereocenters. The minimum absolute atomic E-state index is 0.469. The van der Waals surface area contributed by atoms with Crippen molar-refractivity contribution >= 4 is 35.8 Å². The van der Waals surface area contributed by atoms with Crippen LogP contribution in [0.4, 0.5) is 0 Å². The second-order valence-corrected chi connectivity index (χ2v) is 3.07. The van der Waals surface area contributed by atoms with Gasteiger partial charge in [0.05, 0.1) is 21.4 Å². The number of hydrogen-bond donors (Lipinski definition) is 1. The number of halogens is 2. The molecule has 4 heteroatoms. The number of pyridine rings is 1. The summed E-state index contributed by atoms with van der Waals surface area (Å²) in [4.78, 5) is 3.80. The SMILES string of the molecule is SCC#Cc1c(Cl)cncc1Cl. The predicted octanol–water partition coefficient (Wildman–Crippen LogP) is 2.67. The summed E-state index contributed by atoms with van der Waals surface area (Å²) in [6.45, 7) is 0. The molecule has 0 aliphatic carbocycles. The van der Waals surface area contributed by atoms with Crippen molar-refractivity contribution in [3.05, 3.63) is 28.0 Å². The number of nitrogens with zero attached hydrogens (tertiary/aromatic N) is 1. The van der Waals surface area contributed by atoms with Gasteiger partial charge in [-0.3, -0.25) is 4.98 Å². The van der Waals surface area contributed by atoms with Gasteiger partial charge in [0.15, 0.2) is 0 Å². The number of rotatable bonds is 0. The fourth-order valence-electron chi connectivity index (χ4n) is 0.659. The Hall–Kier alpha value is -0.360. The molecule has 0 saturated heterocycles. The molecule has 62 valence electrons. The van der Waals surface area contributed by atoms with Crippen LogP contribution in [0.2, 0.25) is 10.0 Å². The third kappa shape index (κ3) is 2.31. The van der Waals surface area contributed by atoms with Crippen LogP contribution in [0.15, 0.2) is 12.4 Å². The Bertz CT molecular complexity index is 320. The van der Waals surface area contributed by atoms with Gasteiger partial charge < -0.3 is 0 Å². The van der Waals surface area contributed by atoms with E-state index in [9.17, 15) is 0 Å². The van der Waals surface area contributed by atoms with Crippen molar-refractivity contribution < 1.29 is 0 Å². The summed E-state index contributed by atoms with van der Waals surface area (Å²) in [7, 11) is 0. The van der Waals surface area contributed by atoms with E-state index in [4.69, 9.17) is 23.2 Å². The van der Waals surface area contributed by atoms with Crippen LogP contribution in [0.25, 0.3) is 0 Å².